The van der Waals surface area contributed by atoms with E-state index in [1.54, 1.807) is 0 Å². The number of nitrogens with one attached hydrogen (secondary N) is 1. The lowest BCUT2D eigenvalue weighted by Crippen LogP contribution is -1.94. The average molecular weight is 856 g/mol. The minimum absolute atomic E-state index is 0.511. The molecule has 9 heteroatoms. The Bertz CT molecular complexity index is 3300. The van der Waals surface area contributed by atoms with Crippen molar-refractivity contribution in [3.05, 3.63) is 211 Å². The number of nitrogens with zero attached hydrogens (tertiary/aromatic N) is 5. The molecule has 1 N–H and O–H groups in total. The summed E-state index contributed by atoms with van der Waals surface area (Å²) in [6, 6.07) is 69.3. The number of aromatic amines is 1. The Kier molecular flexibility index (Phi) is 10.3. The lowest BCUT2D eigenvalue weighted by atomic mass is 10.2. The van der Waals surface area contributed by atoms with Crippen LogP contribution in [0, 0.1) is 0 Å². The molecule has 0 fully saturated rings. The molecular formula is C52H35BrN6O2. The van der Waals surface area contributed by atoms with Gasteiger partial charge < -0.3 is 18.4 Å². The van der Waals surface area contributed by atoms with E-state index >= 15 is 0 Å². The summed E-state index contributed by atoms with van der Waals surface area (Å²) in [5.74, 6) is 2.09. The fourth-order valence-electron chi connectivity index (χ4n) is 7.47. The monoisotopic (exact) mass is 854 g/mol. The van der Waals surface area contributed by atoms with Crippen LogP contribution in [0.1, 0.15) is 0 Å². The molecule has 0 unspecified atom stereocenters. The molecule has 0 aliphatic carbocycles. The first kappa shape index (κ1) is 37.4. The normalized spacial score (nSPS) is 11.0. The van der Waals surface area contributed by atoms with Crippen LogP contribution in [0.4, 0.5) is 0 Å². The van der Waals surface area contributed by atoms with Crippen molar-refractivity contribution >= 4 is 59.5 Å². The third kappa shape index (κ3) is 7.73. The molecule has 292 valence electrons. The highest BCUT2D eigenvalue weighted by Crippen LogP contribution is 2.34. The van der Waals surface area contributed by atoms with Crippen molar-refractivity contribution in [2.45, 2.75) is 0 Å². The Hall–Kier alpha value is -7.88. The van der Waals surface area contributed by atoms with Gasteiger partial charge in [0.1, 0.15) is 0 Å². The number of aromatic nitrogens is 6. The van der Waals surface area contributed by atoms with E-state index in [1.165, 1.54) is 43.6 Å². The molecule has 0 bridgehead atoms. The summed E-state index contributed by atoms with van der Waals surface area (Å²) in [5, 5.41) is 21.7. The summed E-state index contributed by atoms with van der Waals surface area (Å²) >= 11 is 3.42. The Balaban J connectivity index is 0.000000121. The maximum atomic E-state index is 5.97. The van der Waals surface area contributed by atoms with Crippen LogP contribution in [0.2, 0.25) is 0 Å². The quantitative estimate of drug-likeness (QED) is 0.185. The molecule has 0 saturated carbocycles. The van der Waals surface area contributed by atoms with Crippen molar-refractivity contribution in [1.29, 1.82) is 0 Å². The van der Waals surface area contributed by atoms with Gasteiger partial charge in [-0.2, -0.15) is 0 Å². The fourth-order valence-corrected chi connectivity index (χ4v) is 7.87. The number of benzene rings is 8. The van der Waals surface area contributed by atoms with Gasteiger partial charge in [-0.3, -0.25) is 0 Å². The molecule has 4 aromatic heterocycles. The fraction of sp³-hybridized carbons (Fsp3) is 0. The molecular weight excluding hydrogens is 821 g/mol. The van der Waals surface area contributed by atoms with Gasteiger partial charge in [0.25, 0.3) is 0 Å². The maximum Gasteiger partial charge on any atom is 0.248 e. The Morgan fingerprint density at radius 3 is 1.26 bits per heavy atom. The zero-order valence-electron chi connectivity index (χ0n) is 32.6. The number of hydrogen-bond acceptors (Lipinski definition) is 6. The number of H-pyrrole nitrogens is 1. The van der Waals surface area contributed by atoms with Gasteiger partial charge in [-0.05, 0) is 84.9 Å². The molecule has 0 aliphatic heterocycles. The molecule has 0 amide bonds. The second-order valence-corrected chi connectivity index (χ2v) is 15.1. The van der Waals surface area contributed by atoms with E-state index in [0.717, 1.165) is 32.4 Å². The van der Waals surface area contributed by atoms with Crippen LogP contribution in [0.3, 0.4) is 0 Å². The van der Waals surface area contributed by atoms with Gasteiger partial charge >= 0.3 is 0 Å². The summed E-state index contributed by atoms with van der Waals surface area (Å²) < 4.78 is 14.9. The molecule has 61 heavy (non-hydrogen) atoms. The molecule has 0 atom stereocenters. The minimum atomic E-state index is 0.511. The van der Waals surface area contributed by atoms with Crippen molar-refractivity contribution in [3.63, 3.8) is 0 Å². The van der Waals surface area contributed by atoms with E-state index in [9.17, 15) is 0 Å². The number of para-hydroxylation sites is 4. The Morgan fingerprint density at radius 1 is 0.361 bits per heavy atom. The predicted octanol–water partition coefficient (Wildman–Crippen LogP) is 14.0. The topological polar surface area (TPSA) is 98.6 Å². The van der Waals surface area contributed by atoms with Crippen LogP contribution >= 0.6 is 15.9 Å². The number of halogens is 1. The van der Waals surface area contributed by atoms with Gasteiger partial charge in [0, 0.05) is 65.0 Å². The van der Waals surface area contributed by atoms with E-state index in [1.807, 2.05) is 97.1 Å². The molecule has 12 rings (SSSR count). The van der Waals surface area contributed by atoms with Gasteiger partial charge in [0.05, 0.1) is 11.0 Å². The highest BCUT2D eigenvalue weighted by molar-refractivity contribution is 9.10. The number of hydrogen-bond donors (Lipinski definition) is 1. The summed E-state index contributed by atoms with van der Waals surface area (Å²) in [6.45, 7) is 0. The van der Waals surface area contributed by atoms with Gasteiger partial charge in [0.15, 0.2) is 0 Å². The standard InChI is InChI=1S/C26H17N3O.C14H9BrN2O.C12H9N/c1-2-9-18(10-3-1)25-27-28-26(30-25)19-11-8-12-20(17-19)29-23-15-6-4-13-21(23)22-14-5-7-16-24(22)29;15-12-8-4-7-11(9-12)14-17-16-13(18-14)10-5-2-1-3-6-10;1-3-7-11-9(5-1)10-6-2-4-8-12(10)13-11/h1-17H;1-9H;1-8,13H. The van der Waals surface area contributed by atoms with Crippen molar-refractivity contribution in [2.24, 2.45) is 0 Å². The Morgan fingerprint density at radius 2 is 0.754 bits per heavy atom. The van der Waals surface area contributed by atoms with Gasteiger partial charge in [-0.25, -0.2) is 0 Å². The van der Waals surface area contributed by atoms with E-state index in [2.05, 4.69) is 155 Å². The van der Waals surface area contributed by atoms with E-state index < -0.39 is 0 Å². The zero-order valence-corrected chi connectivity index (χ0v) is 34.1. The second-order valence-electron chi connectivity index (χ2n) is 14.2. The smallest absolute Gasteiger partial charge is 0.248 e. The zero-order chi connectivity index (χ0) is 41.0. The lowest BCUT2D eigenvalue weighted by molar-refractivity contribution is 0.584. The van der Waals surface area contributed by atoms with Crippen LogP contribution in [0.25, 0.3) is 95.1 Å². The van der Waals surface area contributed by atoms with Gasteiger partial charge in [-0.15, -0.1) is 20.4 Å². The summed E-state index contributed by atoms with van der Waals surface area (Å²) in [4.78, 5) is 3.38. The molecule has 0 radical (unpaired) electrons. The number of rotatable bonds is 5. The van der Waals surface area contributed by atoms with Crippen molar-refractivity contribution < 1.29 is 8.83 Å². The highest BCUT2D eigenvalue weighted by atomic mass is 79.9. The summed E-state index contributed by atoms with van der Waals surface area (Å²) in [6.07, 6.45) is 0. The predicted molar refractivity (Wildman–Crippen MR) is 248 cm³/mol. The van der Waals surface area contributed by atoms with Crippen LogP contribution in [0.15, 0.2) is 220 Å². The van der Waals surface area contributed by atoms with Crippen LogP contribution in [-0.2, 0) is 0 Å². The van der Waals surface area contributed by atoms with Gasteiger partial charge in [-0.1, -0.05) is 137 Å². The molecule has 12 aromatic rings. The van der Waals surface area contributed by atoms with E-state index in [0.29, 0.717) is 23.6 Å². The van der Waals surface area contributed by atoms with Crippen molar-refractivity contribution in [3.8, 4) is 51.5 Å². The number of fused-ring (bicyclic) bond motifs is 6. The third-order valence-corrected chi connectivity index (χ3v) is 10.8. The maximum absolute atomic E-state index is 5.97. The van der Waals surface area contributed by atoms with E-state index in [4.69, 9.17) is 8.83 Å². The second kappa shape index (κ2) is 16.8. The third-order valence-electron chi connectivity index (χ3n) is 10.3. The molecule has 0 saturated heterocycles. The first-order valence-corrected chi connectivity index (χ1v) is 20.5. The SMILES string of the molecule is Brc1cccc(-c2nnc(-c3ccccc3)o2)c1.c1ccc(-c2nnc(-c3cccc(-n4c5ccccc5c5ccccc54)c3)o2)cc1.c1ccc2c(c1)[nH]c1ccccc12. The first-order valence-electron chi connectivity index (χ1n) is 19.7. The van der Waals surface area contributed by atoms with Gasteiger partial charge in [0.2, 0.25) is 23.6 Å². The van der Waals surface area contributed by atoms with Crippen LogP contribution in [-0.4, -0.2) is 29.9 Å². The molecule has 8 aromatic carbocycles. The van der Waals surface area contributed by atoms with Crippen molar-refractivity contribution in [2.75, 3.05) is 0 Å². The summed E-state index contributed by atoms with van der Waals surface area (Å²) in [7, 11) is 0. The molecule has 8 nitrogen and oxygen atoms in total. The lowest BCUT2D eigenvalue weighted by Gasteiger charge is -2.08. The molecule has 4 heterocycles. The highest BCUT2D eigenvalue weighted by Gasteiger charge is 2.15. The molecule has 0 aliphatic rings. The summed E-state index contributed by atoms with van der Waals surface area (Å²) in [5.41, 5.74) is 9.46. The average Bonchev–Trinajstić information content (AvgIpc) is 4.15. The minimum Gasteiger partial charge on any atom is -0.416 e. The first-order chi connectivity index (χ1) is 30.2. The largest absolute Gasteiger partial charge is 0.416 e. The van der Waals surface area contributed by atoms with Crippen molar-refractivity contribution in [1.82, 2.24) is 29.9 Å². The Labute approximate surface area is 358 Å². The molecule has 0 spiro atoms. The van der Waals surface area contributed by atoms with Crippen LogP contribution < -0.4 is 0 Å². The van der Waals surface area contributed by atoms with E-state index in [-0.39, 0.29) is 0 Å². The van der Waals surface area contributed by atoms with Crippen LogP contribution in [0.5, 0.6) is 0 Å².